The third-order valence-corrected chi connectivity index (χ3v) is 7.39. The van der Waals surface area contributed by atoms with Crippen molar-refractivity contribution in [2.75, 3.05) is 5.32 Å². The Morgan fingerprint density at radius 1 is 1.17 bits per heavy atom. The van der Waals surface area contributed by atoms with Crippen LogP contribution in [0.4, 0.5) is 24.8 Å². The Labute approximate surface area is 203 Å². The summed E-state index contributed by atoms with van der Waals surface area (Å²) in [7, 11) is 0. The molecule has 35 heavy (non-hydrogen) atoms. The number of nitrogens with zero attached hydrogens (tertiary/aromatic N) is 4. The van der Waals surface area contributed by atoms with Gasteiger partial charge in [0.2, 0.25) is 0 Å². The fourth-order valence-corrected chi connectivity index (χ4v) is 5.55. The molecular formula is C23H24F3N5O3S. The Kier molecular flexibility index (Phi) is 6.30. The molecule has 1 saturated carbocycles. The van der Waals surface area contributed by atoms with Crippen molar-refractivity contribution in [3.8, 4) is 10.6 Å². The van der Waals surface area contributed by atoms with Crippen LogP contribution in [0.15, 0.2) is 30.7 Å². The molecule has 0 aromatic carbocycles. The van der Waals surface area contributed by atoms with E-state index in [0.29, 0.717) is 27.8 Å². The maximum atomic E-state index is 13.0. The first-order chi connectivity index (χ1) is 16.3. The number of thiazole rings is 1. The monoisotopic (exact) mass is 507 g/mol. The molecule has 0 amide bonds. The highest BCUT2D eigenvalue weighted by Gasteiger charge is 2.49. The molecule has 1 aliphatic carbocycles. The van der Waals surface area contributed by atoms with E-state index in [1.807, 2.05) is 20.8 Å². The van der Waals surface area contributed by atoms with Crippen molar-refractivity contribution in [2.24, 2.45) is 11.3 Å². The van der Waals surface area contributed by atoms with Crippen molar-refractivity contribution < 1.29 is 28.2 Å². The highest BCUT2D eigenvalue weighted by molar-refractivity contribution is 7.15. The first-order valence-corrected chi connectivity index (χ1v) is 11.7. The van der Waals surface area contributed by atoms with Gasteiger partial charge >= 0.3 is 12.1 Å². The molecule has 0 radical (unpaired) electrons. The number of halogens is 3. The van der Waals surface area contributed by atoms with Crippen LogP contribution in [-0.2, 0) is 16.6 Å². The Balaban J connectivity index is 1.59. The molecule has 3 N–H and O–H groups in total. The van der Waals surface area contributed by atoms with Crippen LogP contribution in [0.1, 0.15) is 49.4 Å². The average molecular weight is 508 g/mol. The van der Waals surface area contributed by atoms with Gasteiger partial charge in [-0.25, -0.2) is 19.9 Å². The summed E-state index contributed by atoms with van der Waals surface area (Å²) in [6.45, 7) is 5.49. The minimum atomic E-state index is -4.60. The van der Waals surface area contributed by atoms with E-state index >= 15 is 0 Å². The van der Waals surface area contributed by atoms with E-state index < -0.39 is 34.8 Å². The van der Waals surface area contributed by atoms with Crippen LogP contribution in [0.2, 0.25) is 0 Å². The van der Waals surface area contributed by atoms with E-state index in [1.54, 1.807) is 18.3 Å². The van der Waals surface area contributed by atoms with Crippen LogP contribution in [0.3, 0.4) is 0 Å². The number of hydrogen-bond donors (Lipinski definition) is 3. The van der Waals surface area contributed by atoms with Crippen molar-refractivity contribution in [1.29, 1.82) is 0 Å². The Morgan fingerprint density at radius 3 is 2.57 bits per heavy atom. The highest BCUT2D eigenvalue weighted by atomic mass is 32.1. The number of carboxylic acid groups (broad SMARTS) is 1. The number of aryl methyl sites for hydroxylation is 1. The van der Waals surface area contributed by atoms with Gasteiger partial charge in [0.25, 0.3) is 0 Å². The second-order valence-corrected chi connectivity index (χ2v) is 10.5. The number of aliphatic hydroxyl groups is 1. The van der Waals surface area contributed by atoms with Crippen molar-refractivity contribution in [2.45, 2.75) is 51.8 Å². The van der Waals surface area contributed by atoms with E-state index in [-0.39, 0.29) is 18.7 Å². The first-order valence-electron chi connectivity index (χ1n) is 10.8. The molecule has 0 bridgehead atoms. The number of nitrogens with one attached hydrogen (secondary N) is 1. The van der Waals surface area contributed by atoms with Crippen LogP contribution >= 0.6 is 11.3 Å². The maximum absolute atomic E-state index is 13.0. The summed E-state index contributed by atoms with van der Waals surface area (Å²) < 4.78 is 38.9. The van der Waals surface area contributed by atoms with E-state index in [2.05, 4.69) is 25.3 Å². The van der Waals surface area contributed by atoms with Crippen LogP contribution in [0.25, 0.3) is 10.6 Å². The Morgan fingerprint density at radius 2 is 1.91 bits per heavy atom. The van der Waals surface area contributed by atoms with Crippen LogP contribution in [-0.4, -0.2) is 36.1 Å². The third kappa shape index (κ3) is 5.27. The van der Waals surface area contributed by atoms with Crippen molar-refractivity contribution in [3.63, 3.8) is 0 Å². The molecule has 4 rings (SSSR count). The number of carboxylic acids is 1. The topological polar surface area (TPSA) is 121 Å². The first kappa shape index (κ1) is 25.0. The lowest BCUT2D eigenvalue weighted by Gasteiger charge is -2.44. The maximum Gasteiger partial charge on any atom is 0.433 e. The quantitative estimate of drug-likeness (QED) is 0.433. The number of rotatable bonds is 5. The molecule has 1 fully saturated rings. The lowest BCUT2D eigenvalue weighted by atomic mass is 9.63. The van der Waals surface area contributed by atoms with Gasteiger partial charge in [-0.15, -0.1) is 11.3 Å². The number of hydrogen-bond acceptors (Lipinski definition) is 8. The van der Waals surface area contributed by atoms with Gasteiger partial charge < -0.3 is 15.5 Å². The second kappa shape index (κ2) is 8.83. The second-order valence-electron chi connectivity index (χ2n) is 9.48. The molecule has 3 heterocycles. The van der Waals surface area contributed by atoms with Crippen molar-refractivity contribution in [1.82, 2.24) is 19.9 Å². The summed E-state index contributed by atoms with van der Waals surface area (Å²) in [5.41, 5.74) is -1.60. The number of aromatic nitrogens is 4. The minimum Gasteiger partial charge on any atom is -0.481 e. The number of pyridine rings is 1. The zero-order chi connectivity index (χ0) is 25.6. The van der Waals surface area contributed by atoms with Crippen LogP contribution in [0, 0.1) is 18.3 Å². The molecule has 12 heteroatoms. The van der Waals surface area contributed by atoms with Crippen LogP contribution < -0.4 is 5.32 Å². The molecule has 0 aliphatic heterocycles. The summed E-state index contributed by atoms with van der Waals surface area (Å²) >= 11 is 1.26. The zero-order valence-corrected chi connectivity index (χ0v) is 20.0. The van der Waals surface area contributed by atoms with Gasteiger partial charge in [0, 0.05) is 12.3 Å². The highest BCUT2D eigenvalue weighted by Crippen LogP contribution is 2.50. The standard InChI is InChI=1S/C23H24F3N5O3S/c1-12-6-14(30-18(7-12)31-17-8-16(23(24,25)26)28-11-29-17)15-9-27-20(35-15)22(34)5-4-13(19(32)33)21(2,3)10-22/h6-9,11,13,34H,4-5,10H2,1-3H3,(H,32,33)(H,28,29,30,31)/t13-,22-/m0/s1. The molecule has 0 spiro atoms. The van der Waals surface area contributed by atoms with Gasteiger partial charge in [0.1, 0.15) is 34.3 Å². The molecule has 3 aromatic rings. The molecular weight excluding hydrogens is 483 g/mol. The Bertz CT molecular complexity index is 1260. The fourth-order valence-electron chi connectivity index (χ4n) is 4.56. The zero-order valence-electron chi connectivity index (χ0n) is 19.2. The number of anilines is 2. The van der Waals surface area contributed by atoms with Crippen LogP contribution in [0.5, 0.6) is 0 Å². The molecule has 0 saturated heterocycles. The van der Waals surface area contributed by atoms with Gasteiger partial charge in [-0.05, 0) is 49.3 Å². The van der Waals surface area contributed by atoms with Gasteiger partial charge in [0.05, 0.1) is 16.5 Å². The SMILES string of the molecule is Cc1cc(Nc2cc(C(F)(F)F)ncn2)nc(-c2cnc([C@]3(O)CC[C@@H](C(=O)O)C(C)(C)C3)s2)c1. The van der Waals surface area contributed by atoms with Crippen molar-refractivity contribution >= 4 is 28.9 Å². The molecule has 1 aliphatic rings. The summed E-state index contributed by atoms with van der Waals surface area (Å²) in [5.74, 6) is -1.17. The number of aliphatic carboxylic acids is 1. The van der Waals surface area contributed by atoms with E-state index in [0.717, 1.165) is 18.0 Å². The molecule has 0 unspecified atom stereocenters. The minimum absolute atomic E-state index is 0.0481. The molecule has 3 aromatic heterocycles. The Hall–Kier alpha value is -3.12. The van der Waals surface area contributed by atoms with E-state index in [9.17, 15) is 28.2 Å². The van der Waals surface area contributed by atoms with Crippen molar-refractivity contribution in [3.05, 3.63) is 47.0 Å². The summed E-state index contributed by atoms with van der Waals surface area (Å²) in [4.78, 5) is 28.3. The molecule has 8 nitrogen and oxygen atoms in total. The number of alkyl halides is 3. The normalized spacial score (nSPS) is 22.1. The molecule has 2 atom stereocenters. The third-order valence-electron chi connectivity index (χ3n) is 6.18. The largest absolute Gasteiger partial charge is 0.481 e. The van der Waals surface area contributed by atoms with E-state index in [1.165, 1.54) is 11.3 Å². The van der Waals surface area contributed by atoms with Gasteiger partial charge in [-0.2, -0.15) is 13.2 Å². The lowest BCUT2D eigenvalue weighted by molar-refractivity contribution is -0.154. The van der Waals surface area contributed by atoms with Gasteiger partial charge in [-0.1, -0.05) is 13.8 Å². The lowest BCUT2D eigenvalue weighted by Crippen LogP contribution is -2.44. The predicted molar refractivity (Wildman–Crippen MR) is 123 cm³/mol. The smallest absolute Gasteiger partial charge is 0.433 e. The van der Waals surface area contributed by atoms with Gasteiger partial charge in [-0.3, -0.25) is 4.79 Å². The van der Waals surface area contributed by atoms with Gasteiger partial charge in [0.15, 0.2) is 0 Å². The summed E-state index contributed by atoms with van der Waals surface area (Å²) in [6, 6.07) is 4.28. The summed E-state index contributed by atoms with van der Waals surface area (Å²) in [6.07, 6.45) is -1.30. The van der Waals surface area contributed by atoms with E-state index in [4.69, 9.17) is 0 Å². The summed E-state index contributed by atoms with van der Waals surface area (Å²) in [5, 5.41) is 24.1. The average Bonchev–Trinajstić information content (AvgIpc) is 3.23. The fraction of sp³-hybridized carbons (Fsp3) is 0.435. The predicted octanol–water partition coefficient (Wildman–Crippen LogP) is 5.16. The molecule has 186 valence electrons. The number of carbonyl (C=O) groups is 1.